The highest BCUT2D eigenvalue weighted by atomic mass is 16.5. The Morgan fingerprint density at radius 1 is 0.962 bits per heavy atom. The first kappa shape index (κ1) is 22.7. The van der Waals surface area contributed by atoms with Crippen LogP contribution >= 0.6 is 0 Å². The van der Waals surface area contributed by atoms with Crippen molar-refractivity contribution in [3.05, 3.63) is 0 Å². The molecule has 1 N–H and O–H groups in total. The summed E-state index contributed by atoms with van der Waals surface area (Å²) in [7, 11) is 0. The number of nitrogens with one attached hydrogen (secondary N) is 1. The van der Waals surface area contributed by atoms with Crippen LogP contribution < -0.4 is 5.32 Å². The van der Waals surface area contributed by atoms with E-state index in [4.69, 9.17) is 4.74 Å². The van der Waals surface area contributed by atoms with Gasteiger partial charge in [-0.2, -0.15) is 0 Å². The van der Waals surface area contributed by atoms with E-state index < -0.39 is 0 Å². The van der Waals surface area contributed by atoms with Gasteiger partial charge >= 0.3 is 12.0 Å². The first-order valence-corrected chi connectivity index (χ1v) is 10.5. The molecular weight excluding hydrogens is 330 g/mol. The van der Waals surface area contributed by atoms with Crippen molar-refractivity contribution in [1.82, 2.24) is 15.1 Å². The second kappa shape index (κ2) is 13.8. The van der Waals surface area contributed by atoms with Gasteiger partial charge in [-0.25, -0.2) is 4.79 Å². The molecule has 152 valence electrons. The van der Waals surface area contributed by atoms with E-state index in [1.165, 1.54) is 19.3 Å². The number of unbranched alkanes of at least 4 members (excludes halogenated alkanes) is 1. The lowest BCUT2D eigenvalue weighted by Crippen LogP contribution is -2.46. The van der Waals surface area contributed by atoms with Crippen molar-refractivity contribution in [3.63, 3.8) is 0 Å². The molecule has 0 saturated heterocycles. The molecule has 1 aliphatic carbocycles. The summed E-state index contributed by atoms with van der Waals surface area (Å²) in [5.41, 5.74) is 0. The third-order valence-electron chi connectivity index (χ3n) is 5.16. The zero-order valence-electron chi connectivity index (χ0n) is 17.1. The highest BCUT2D eigenvalue weighted by molar-refractivity contribution is 5.76. The predicted octanol–water partition coefficient (Wildman–Crippen LogP) is 3.41. The number of carbonyl (C=O) groups is 2. The molecule has 0 unspecified atom stereocenters. The zero-order chi connectivity index (χ0) is 19.2. The lowest BCUT2D eigenvalue weighted by Gasteiger charge is -2.28. The van der Waals surface area contributed by atoms with E-state index in [0.717, 1.165) is 45.3 Å². The monoisotopic (exact) mass is 369 g/mol. The van der Waals surface area contributed by atoms with E-state index in [0.29, 0.717) is 19.7 Å². The fourth-order valence-electron chi connectivity index (χ4n) is 3.47. The Hall–Kier alpha value is -1.30. The Bertz CT molecular complexity index is 394. The van der Waals surface area contributed by atoms with Crippen LogP contribution in [0.25, 0.3) is 0 Å². The predicted molar refractivity (Wildman–Crippen MR) is 105 cm³/mol. The number of urea groups is 1. The van der Waals surface area contributed by atoms with Crippen molar-refractivity contribution >= 4 is 12.0 Å². The van der Waals surface area contributed by atoms with Gasteiger partial charge in [0.2, 0.25) is 0 Å². The Labute approximate surface area is 159 Å². The third-order valence-corrected chi connectivity index (χ3v) is 5.16. The van der Waals surface area contributed by atoms with Crippen LogP contribution in [0.1, 0.15) is 72.1 Å². The molecule has 6 nitrogen and oxygen atoms in total. The minimum atomic E-state index is -0.230. The number of carbonyl (C=O) groups excluding carboxylic acids is 2. The smallest absolute Gasteiger partial charge is 0.317 e. The van der Waals surface area contributed by atoms with Crippen LogP contribution in [-0.4, -0.2) is 67.2 Å². The first-order chi connectivity index (χ1) is 12.6. The van der Waals surface area contributed by atoms with Gasteiger partial charge in [-0.15, -0.1) is 0 Å². The molecule has 1 aliphatic rings. The number of rotatable bonds is 12. The molecule has 0 bridgehead atoms. The maximum atomic E-state index is 12.7. The minimum absolute atomic E-state index is 0.0240. The summed E-state index contributed by atoms with van der Waals surface area (Å²) in [6, 6.07) is 0.265. The third kappa shape index (κ3) is 9.41. The van der Waals surface area contributed by atoms with Crippen molar-refractivity contribution in [2.75, 3.05) is 39.3 Å². The number of esters is 1. The molecule has 6 heteroatoms. The Morgan fingerprint density at radius 2 is 1.62 bits per heavy atom. The SMILES string of the molecule is CCOC(=O)CCN(CCCCN(CC)CC)C(=O)NC1CCCCC1. The van der Waals surface area contributed by atoms with Gasteiger partial charge in [0.05, 0.1) is 13.0 Å². The number of hydrogen-bond acceptors (Lipinski definition) is 4. The molecule has 0 heterocycles. The van der Waals surface area contributed by atoms with Crippen LogP contribution in [0.5, 0.6) is 0 Å². The molecular formula is C20H39N3O3. The molecule has 1 fully saturated rings. The molecule has 1 rings (SSSR count). The molecule has 1 saturated carbocycles. The average molecular weight is 370 g/mol. The summed E-state index contributed by atoms with van der Waals surface area (Å²) in [6.45, 7) is 10.8. The average Bonchev–Trinajstić information content (AvgIpc) is 2.65. The first-order valence-electron chi connectivity index (χ1n) is 10.5. The standard InChI is InChI=1S/C20H39N3O3/c1-4-22(5-2)15-10-11-16-23(17-14-19(24)26-6-3)20(25)21-18-12-8-7-9-13-18/h18H,4-17H2,1-3H3,(H,21,25). The molecule has 0 spiro atoms. The fourth-order valence-corrected chi connectivity index (χ4v) is 3.47. The number of nitrogens with zero attached hydrogens (tertiary/aromatic N) is 2. The quantitative estimate of drug-likeness (QED) is 0.423. The number of amides is 2. The molecule has 0 radical (unpaired) electrons. The van der Waals surface area contributed by atoms with E-state index in [1.807, 2.05) is 0 Å². The number of hydrogen-bond donors (Lipinski definition) is 1. The zero-order valence-corrected chi connectivity index (χ0v) is 17.1. The lowest BCUT2D eigenvalue weighted by atomic mass is 9.96. The Balaban J connectivity index is 2.45. The molecule has 0 aromatic carbocycles. The van der Waals surface area contributed by atoms with E-state index >= 15 is 0 Å². The van der Waals surface area contributed by atoms with E-state index in [2.05, 4.69) is 24.1 Å². The summed E-state index contributed by atoms with van der Waals surface area (Å²) in [5.74, 6) is -0.230. The molecule has 0 atom stereocenters. The maximum Gasteiger partial charge on any atom is 0.317 e. The van der Waals surface area contributed by atoms with Crippen LogP contribution in [0.15, 0.2) is 0 Å². The van der Waals surface area contributed by atoms with Gasteiger partial charge in [0.25, 0.3) is 0 Å². The van der Waals surface area contributed by atoms with Gasteiger partial charge in [0.15, 0.2) is 0 Å². The highest BCUT2D eigenvalue weighted by Gasteiger charge is 2.20. The highest BCUT2D eigenvalue weighted by Crippen LogP contribution is 2.17. The Morgan fingerprint density at radius 3 is 2.23 bits per heavy atom. The van der Waals surface area contributed by atoms with Gasteiger partial charge in [0, 0.05) is 19.1 Å². The van der Waals surface area contributed by atoms with E-state index in [1.54, 1.807) is 11.8 Å². The molecule has 0 aromatic rings. The summed E-state index contributed by atoms with van der Waals surface area (Å²) >= 11 is 0. The second-order valence-corrected chi connectivity index (χ2v) is 7.06. The second-order valence-electron chi connectivity index (χ2n) is 7.06. The summed E-state index contributed by atoms with van der Waals surface area (Å²) in [5, 5.41) is 3.17. The van der Waals surface area contributed by atoms with Gasteiger partial charge in [-0.1, -0.05) is 33.1 Å². The summed E-state index contributed by atoms with van der Waals surface area (Å²) in [6.07, 6.45) is 8.08. The van der Waals surface area contributed by atoms with E-state index in [-0.39, 0.29) is 24.5 Å². The number of ether oxygens (including phenoxy) is 1. The van der Waals surface area contributed by atoms with Crippen molar-refractivity contribution in [1.29, 1.82) is 0 Å². The Kier molecular flexibility index (Phi) is 12.1. The van der Waals surface area contributed by atoms with Gasteiger partial charge in [0.1, 0.15) is 0 Å². The van der Waals surface area contributed by atoms with Gasteiger partial charge in [-0.3, -0.25) is 4.79 Å². The fraction of sp³-hybridized carbons (Fsp3) is 0.900. The van der Waals surface area contributed by atoms with E-state index in [9.17, 15) is 9.59 Å². The van der Waals surface area contributed by atoms with Crippen LogP contribution in [0, 0.1) is 0 Å². The molecule has 0 aliphatic heterocycles. The van der Waals surface area contributed by atoms with Crippen LogP contribution in [0.2, 0.25) is 0 Å². The van der Waals surface area contributed by atoms with Crippen LogP contribution in [0.4, 0.5) is 4.79 Å². The summed E-state index contributed by atoms with van der Waals surface area (Å²) in [4.78, 5) is 28.5. The van der Waals surface area contributed by atoms with Gasteiger partial charge in [-0.05, 0) is 52.2 Å². The lowest BCUT2D eigenvalue weighted by molar-refractivity contribution is -0.143. The largest absolute Gasteiger partial charge is 0.466 e. The minimum Gasteiger partial charge on any atom is -0.466 e. The van der Waals surface area contributed by atoms with Crippen molar-refractivity contribution < 1.29 is 14.3 Å². The normalized spacial score (nSPS) is 15.1. The van der Waals surface area contributed by atoms with Crippen LogP contribution in [0.3, 0.4) is 0 Å². The summed E-state index contributed by atoms with van der Waals surface area (Å²) < 4.78 is 5.00. The van der Waals surface area contributed by atoms with Crippen molar-refractivity contribution in [3.8, 4) is 0 Å². The topological polar surface area (TPSA) is 61.9 Å². The maximum absolute atomic E-state index is 12.7. The molecule has 2 amide bonds. The molecule has 0 aromatic heterocycles. The van der Waals surface area contributed by atoms with Crippen LogP contribution in [-0.2, 0) is 9.53 Å². The van der Waals surface area contributed by atoms with Crippen molar-refractivity contribution in [2.24, 2.45) is 0 Å². The van der Waals surface area contributed by atoms with Gasteiger partial charge < -0.3 is 19.9 Å². The van der Waals surface area contributed by atoms with Crippen molar-refractivity contribution in [2.45, 2.75) is 78.2 Å². The molecule has 26 heavy (non-hydrogen) atoms.